The van der Waals surface area contributed by atoms with Crippen LogP contribution in [0.4, 0.5) is 0 Å². The first-order valence-corrected chi connectivity index (χ1v) is 8.11. The van der Waals surface area contributed by atoms with Crippen LogP contribution in [0.1, 0.15) is 83.5 Å². The van der Waals surface area contributed by atoms with Crippen LogP contribution in [-0.2, 0) is 4.74 Å². The Morgan fingerprint density at radius 2 is 1.11 bits per heavy atom. The summed E-state index contributed by atoms with van der Waals surface area (Å²) in [6, 6.07) is 0. The molecular formula is C17H32O. The molecule has 0 bridgehead atoms. The van der Waals surface area contributed by atoms with Crippen molar-refractivity contribution in [3.8, 4) is 0 Å². The second-order valence-electron chi connectivity index (χ2n) is 5.67. The average molecular weight is 252 g/mol. The van der Waals surface area contributed by atoms with Crippen molar-refractivity contribution in [1.29, 1.82) is 0 Å². The zero-order chi connectivity index (χ0) is 12.9. The number of allylic oxidation sites excluding steroid dienone is 2. The molecule has 1 aliphatic carbocycles. The first kappa shape index (κ1) is 15.8. The zero-order valence-corrected chi connectivity index (χ0v) is 12.3. The van der Waals surface area contributed by atoms with E-state index in [1.165, 1.54) is 83.5 Å². The summed E-state index contributed by atoms with van der Waals surface area (Å²) in [6.07, 6.45) is 22.9. The lowest BCUT2D eigenvalue weighted by Gasteiger charge is -2.15. The molecule has 0 saturated carbocycles. The maximum absolute atomic E-state index is 5.58. The molecule has 0 fully saturated rings. The minimum Gasteiger partial charge on any atom is -0.381 e. The van der Waals surface area contributed by atoms with E-state index in [-0.39, 0.29) is 0 Å². The topological polar surface area (TPSA) is 9.23 Å². The van der Waals surface area contributed by atoms with Crippen molar-refractivity contribution in [2.24, 2.45) is 0 Å². The molecule has 0 saturated heterocycles. The minimum atomic E-state index is 0.526. The van der Waals surface area contributed by atoms with Crippen LogP contribution in [0.3, 0.4) is 0 Å². The van der Waals surface area contributed by atoms with Gasteiger partial charge < -0.3 is 4.74 Å². The van der Waals surface area contributed by atoms with E-state index < -0.39 is 0 Å². The summed E-state index contributed by atoms with van der Waals surface area (Å²) in [6.45, 7) is 0. The van der Waals surface area contributed by atoms with Crippen molar-refractivity contribution in [3.05, 3.63) is 12.2 Å². The largest absolute Gasteiger partial charge is 0.381 e. The van der Waals surface area contributed by atoms with E-state index in [4.69, 9.17) is 4.74 Å². The van der Waals surface area contributed by atoms with Crippen molar-refractivity contribution in [1.82, 2.24) is 0 Å². The fourth-order valence-corrected chi connectivity index (χ4v) is 2.77. The predicted octanol–water partition coefficient (Wildman–Crippen LogP) is 5.64. The first-order chi connectivity index (χ1) is 8.93. The molecule has 0 amide bonds. The third-order valence-corrected chi connectivity index (χ3v) is 4.04. The molecule has 1 atom stereocenters. The highest BCUT2D eigenvalue weighted by molar-refractivity contribution is 4.81. The summed E-state index contributed by atoms with van der Waals surface area (Å²) >= 11 is 0. The first-order valence-electron chi connectivity index (χ1n) is 8.11. The van der Waals surface area contributed by atoms with Crippen LogP contribution in [0.15, 0.2) is 12.2 Å². The van der Waals surface area contributed by atoms with Gasteiger partial charge in [0.15, 0.2) is 0 Å². The summed E-state index contributed by atoms with van der Waals surface area (Å²) in [5.41, 5.74) is 0. The molecule has 1 nitrogen and oxygen atoms in total. The molecule has 0 heterocycles. The molecule has 0 aromatic carbocycles. The standard InChI is InChI=1S/C17H32O/c1-18-17-15-13-11-9-7-5-3-2-4-6-8-10-12-14-16-17/h2-3,17H,4-16H2,1H3/b3-2+. The monoisotopic (exact) mass is 252 g/mol. The molecular weight excluding hydrogens is 220 g/mol. The number of hydrogen-bond acceptors (Lipinski definition) is 1. The molecule has 0 aromatic heterocycles. The van der Waals surface area contributed by atoms with Crippen LogP contribution in [0.2, 0.25) is 0 Å². The Morgan fingerprint density at radius 3 is 1.61 bits per heavy atom. The van der Waals surface area contributed by atoms with Gasteiger partial charge in [0.25, 0.3) is 0 Å². The van der Waals surface area contributed by atoms with Crippen molar-refractivity contribution >= 4 is 0 Å². The summed E-state index contributed by atoms with van der Waals surface area (Å²) in [4.78, 5) is 0. The van der Waals surface area contributed by atoms with E-state index in [0.717, 1.165) is 0 Å². The van der Waals surface area contributed by atoms with Gasteiger partial charge in [-0.05, 0) is 38.5 Å². The van der Waals surface area contributed by atoms with Gasteiger partial charge >= 0.3 is 0 Å². The number of rotatable bonds is 1. The number of methoxy groups -OCH3 is 1. The molecule has 1 aliphatic rings. The van der Waals surface area contributed by atoms with Crippen molar-refractivity contribution in [2.75, 3.05) is 7.11 Å². The van der Waals surface area contributed by atoms with Gasteiger partial charge in [0.05, 0.1) is 6.10 Å². The Kier molecular flexibility index (Phi) is 10.3. The third-order valence-electron chi connectivity index (χ3n) is 4.04. The van der Waals surface area contributed by atoms with Gasteiger partial charge in [-0.3, -0.25) is 0 Å². The van der Waals surface area contributed by atoms with Crippen LogP contribution in [-0.4, -0.2) is 13.2 Å². The van der Waals surface area contributed by atoms with E-state index in [0.29, 0.717) is 6.10 Å². The van der Waals surface area contributed by atoms with Crippen LogP contribution in [0, 0.1) is 0 Å². The van der Waals surface area contributed by atoms with E-state index in [1.807, 2.05) is 7.11 Å². The van der Waals surface area contributed by atoms with Gasteiger partial charge in [0.1, 0.15) is 0 Å². The lowest BCUT2D eigenvalue weighted by Crippen LogP contribution is -2.10. The van der Waals surface area contributed by atoms with Gasteiger partial charge in [0.2, 0.25) is 0 Å². The van der Waals surface area contributed by atoms with E-state index >= 15 is 0 Å². The summed E-state index contributed by atoms with van der Waals surface area (Å²) in [5, 5.41) is 0. The Labute approximate surface area is 114 Å². The van der Waals surface area contributed by atoms with Crippen LogP contribution >= 0.6 is 0 Å². The SMILES string of the molecule is COC1CCCCCC/C=C/CCCCCCC1. The molecule has 106 valence electrons. The van der Waals surface area contributed by atoms with Crippen molar-refractivity contribution < 1.29 is 4.74 Å². The highest BCUT2D eigenvalue weighted by Gasteiger charge is 2.06. The third kappa shape index (κ3) is 8.74. The number of ether oxygens (including phenoxy) is 1. The van der Waals surface area contributed by atoms with E-state index in [9.17, 15) is 0 Å². The Bertz CT molecular complexity index is 198. The van der Waals surface area contributed by atoms with Crippen LogP contribution in [0.5, 0.6) is 0 Å². The molecule has 0 aliphatic heterocycles. The summed E-state index contributed by atoms with van der Waals surface area (Å²) in [7, 11) is 1.88. The lowest BCUT2D eigenvalue weighted by molar-refractivity contribution is 0.0832. The number of hydrogen-bond donors (Lipinski definition) is 0. The fraction of sp³-hybridized carbons (Fsp3) is 0.882. The zero-order valence-electron chi connectivity index (χ0n) is 12.3. The molecule has 0 aromatic rings. The van der Waals surface area contributed by atoms with Gasteiger partial charge in [-0.2, -0.15) is 0 Å². The molecule has 1 rings (SSSR count). The Hall–Kier alpha value is -0.300. The van der Waals surface area contributed by atoms with Crippen molar-refractivity contribution in [2.45, 2.75) is 89.6 Å². The summed E-state index contributed by atoms with van der Waals surface area (Å²) in [5.74, 6) is 0. The summed E-state index contributed by atoms with van der Waals surface area (Å²) < 4.78 is 5.58. The second kappa shape index (κ2) is 11.8. The maximum atomic E-state index is 5.58. The van der Waals surface area contributed by atoms with E-state index in [2.05, 4.69) is 12.2 Å². The molecule has 1 heteroatoms. The average Bonchev–Trinajstić information content (AvgIpc) is 2.39. The lowest BCUT2D eigenvalue weighted by atomic mass is 10.0. The van der Waals surface area contributed by atoms with Gasteiger partial charge in [-0.25, -0.2) is 0 Å². The normalized spacial score (nSPS) is 27.7. The predicted molar refractivity (Wildman–Crippen MR) is 80.0 cm³/mol. The minimum absolute atomic E-state index is 0.526. The molecule has 18 heavy (non-hydrogen) atoms. The van der Waals surface area contributed by atoms with Crippen LogP contribution in [0.25, 0.3) is 0 Å². The maximum Gasteiger partial charge on any atom is 0.0571 e. The van der Waals surface area contributed by atoms with Gasteiger partial charge in [-0.15, -0.1) is 0 Å². The Balaban J connectivity index is 2.21. The molecule has 0 N–H and O–H groups in total. The van der Waals surface area contributed by atoms with Crippen molar-refractivity contribution in [3.63, 3.8) is 0 Å². The fourth-order valence-electron chi connectivity index (χ4n) is 2.77. The van der Waals surface area contributed by atoms with Gasteiger partial charge in [-0.1, -0.05) is 57.1 Å². The highest BCUT2D eigenvalue weighted by Crippen LogP contribution is 2.16. The molecule has 0 radical (unpaired) electrons. The highest BCUT2D eigenvalue weighted by atomic mass is 16.5. The van der Waals surface area contributed by atoms with E-state index in [1.54, 1.807) is 0 Å². The Morgan fingerprint density at radius 1 is 0.667 bits per heavy atom. The molecule has 1 unspecified atom stereocenters. The quantitative estimate of drug-likeness (QED) is 0.548. The molecule has 0 spiro atoms. The smallest absolute Gasteiger partial charge is 0.0571 e. The van der Waals surface area contributed by atoms with Crippen LogP contribution < -0.4 is 0 Å². The van der Waals surface area contributed by atoms with Gasteiger partial charge in [0, 0.05) is 7.11 Å². The second-order valence-corrected chi connectivity index (χ2v) is 5.67.